The molecule has 0 radical (unpaired) electrons. The van der Waals surface area contributed by atoms with E-state index in [9.17, 15) is 0 Å². The maximum Gasteiger partial charge on any atom is 0.110 e. The predicted molar refractivity (Wildman–Crippen MR) is 45.7 cm³/mol. The van der Waals surface area contributed by atoms with E-state index in [4.69, 9.17) is 29.9 Å². The van der Waals surface area contributed by atoms with Crippen molar-refractivity contribution < 1.29 is 29.9 Å². The average Bonchev–Trinajstić information content (AvgIpc) is 3.12. The van der Waals surface area contributed by atoms with Crippen LogP contribution in [0.1, 0.15) is 0 Å². The highest BCUT2D eigenvalue weighted by atomic mass is 16.6. The standard InChI is InChI=1S/2C4H8O3/c2*5-1-3-4(2-6)7-3/h2*3-6H,1-2H2/t2*3-,4+. The molecule has 0 aliphatic carbocycles. The second-order valence-electron chi connectivity index (χ2n) is 3.16. The van der Waals surface area contributed by atoms with Crippen molar-refractivity contribution in [1.29, 1.82) is 0 Å². The molecule has 2 aliphatic heterocycles. The summed E-state index contributed by atoms with van der Waals surface area (Å²) in [5, 5.41) is 33.1. The van der Waals surface area contributed by atoms with Gasteiger partial charge in [-0.3, -0.25) is 0 Å². The van der Waals surface area contributed by atoms with Crippen molar-refractivity contribution in [2.24, 2.45) is 0 Å². The summed E-state index contributed by atoms with van der Waals surface area (Å²) in [4.78, 5) is 0. The molecule has 0 saturated carbocycles. The first-order chi connectivity index (χ1) is 6.76. The minimum absolute atomic E-state index is 0.0330. The zero-order chi connectivity index (χ0) is 10.6. The van der Waals surface area contributed by atoms with Crippen LogP contribution in [0.15, 0.2) is 0 Å². The Balaban J connectivity index is 0.000000140. The molecule has 0 unspecified atom stereocenters. The first-order valence-corrected chi connectivity index (χ1v) is 4.51. The van der Waals surface area contributed by atoms with Gasteiger partial charge in [-0.2, -0.15) is 0 Å². The van der Waals surface area contributed by atoms with E-state index in [1.807, 2.05) is 0 Å². The number of epoxide rings is 2. The monoisotopic (exact) mass is 208 g/mol. The third-order valence-electron chi connectivity index (χ3n) is 2.10. The molecule has 2 aliphatic rings. The summed E-state index contributed by atoms with van der Waals surface area (Å²) in [7, 11) is 0. The van der Waals surface area contributed by atoms with Crippen LogP contribution >= 0.6 is 0 Å². The lowest BCUT2D eigenvalue weighted by Gasteiger charge is -1.78. The van der Waals surface area contributed by atoms with Crippen LogP contribution < -0.4 is 0 Å². The molecular formula is C8H16O6. The van der Waals surface area contributed by atoms with Crippen LogP contribution in [0.3, 0.4) is 0 Å². The number of aliphatic hydroxyl groups is 4. The summed E-state index contributed by atoms with van der Waals surface area (Å²) in [5.74, 6) is 0. The lowest BCUT2D eigenvalue weighted by molar-refractivity contribution is 0.227. The predicted octanol–water partition coefficient (Wildman–Crippen LogP) is -2.52. The lowest BCUT2D eigenvalue weighted by Crippen LogP contribution is -2.02. The Labute approximate surface area is 81.7 Å². The maximum absolute atomic E-state index is 8.27. The molecule has 2 rings (SSSR count). The fraction of sp³-hybridized carbons (Fsp3) is 1.00. The zero-order valence-electron chi connectivity index (χ0n) is 7.74. The Morgan fingerprint density at radius 1 is 0.571 bits per heavy atom. The van der Waals surface area contributed by atoms with Crippen molar-refractivity contribution in [3.8, 4) is 0 Å². The van der Waals surface area contributed by atoms with Crippen molar-refractivity contribution in [3.05, 3.63) is 0 Å². The molecule has 6 heteroatoms. The van der Waals surface area contributed by atoms with E-state index in [1.54, 1.807) is 0 Å². The Bertz CT molecular complexity index is 130. The highest BCUT2D eigenvalue weighted by molar-refractivity contribution is 4.83. The molecule has 0 amide bonds. The van der Waals surface area contributed by atoms with Crippen molar-refractivity contribution >= 4 is 0 Å². The van der Waals surface area contributed by atoms with Gasteiger partial charge in [0.05, 0.1) is 26.4 Å². The maximum atomic E-state index is 8.27. The number of rotatable bonds is 4. The van der Waals surface area contributed by atoms with Crippen LogP contribution in [0.5, 0.6) is 0 Å². The molecule has 2 saturated heterocycles. The fourth-order valence-corrected chi connectivity index (χ4v) is 1.00. The molecule has 4 N–H and O–H groups in total. The molecule has 4 atom stereocenters. The molecule has 0 aromatic heterocycles. The van der Waals surface area contributed by atoms with E-state index < -0.39 is 0 Å². The number of ether oxygens (including phenoxy) is 2. The van der Waals surface area contributed by atoms with Gasteiger partial charge in [0, 0.05) is 0 Å². The van der Waals surface area contributed by atoms with E-state index in [-0.39, 0.29) is 50.8 Å². The van der Waals surface area contributed by atoms with Gasteiger partial charge in [-0.15, -0.1) is 0 Å². The third-order valence-corrected chi connectivity index (χ3v) is 2.10. The smallest absolute Gasteiger partial charge is 0.110 e. The van der Waals surface area contributed by atoms with Gasteiger partial charge in [-0.1, -0.05) is 0 Å². The van der Waals surface area contributed by atoms with Crippen LogP contribution in [-0.4, -0.2) is 71.3 Å². The highest BCUT2D eigenvalue weighted by Crippen LogP contribution is 2.19. The van der Waals surface area contributed by atoms with E-state index in [2.05, 4.69) is 0 Å². The number of hydrogen-bond acceptors (Lipinski definition) is 6. The van der Waals surface area contributed by atoms with Crippen molar-refractivity contribution in [1.82, 2.24) is 0 Å². The lowest BCUT2D eigenvalue weighted by atomic mass is 10.3. The van der Waals surface area contributed by atoms with Crippen molar-refractivity contribution in [2.45, 2.75) is 24.4 Å². The van der Waals surface area contributed by atoms with E-state index in [0.29, 0.717) is 0 Å². The van der Waals surface area contributed by atoms with Gasteiger partial charge in [0.25, 0.3) is 0 Å². The van der Waals surface area contributed by atoms with E-state index >= 15 is 0 Å². The minimum atomic E-state index is -0.0787. The van der Waals surface area contributed by atoms with Crippen molar-refractivity contribution in [2.75, 3.05) is 26.4 Å². The van der Waals surface area contributed by atoms with Gasteiger partial charge in [-0.05, 0) is 0 Å². The summed E-state index contributed by atoms with van der Waals surface area (Å²) < 4.78 is 9.43. The number of hydrogen-bond donors (Lipinski definition) is 4. The SMILES string of the molecule is OC[C@@H]1O[C@@H]1CO.OC[C@@H]1O[C@@H]1CO. The Kier molecular flexibility index (Phi) is 4.73. The Hall–Kier alpha value is -0.240. The van der Waals surface area contributed by atoms with Gasteiger partial charge in [0.15, 0.2) is 0 Å². The third kappa shape index (κ3) is 3.49. The van der Waals surface area contributed by atoms with Gasteiger partial charge < -0.3 is 29.9 Å². The Morgan fingerprint density at radius 3 is 0.857 bits per heavy atom. The summed E-state index contributed by atoms with van der Waals surface area (Å²) in [6.07, 6.45) is -0.315. The van der Waals surface area contributed by atoms with Crippen LogP contribution in [0, 0.1) is 0 Å². The minimum Gasteiger partial charge on any atom is -0.394 e. The Morgan fingerprint density at radius 2 is 0.786 bits per heavy atom. The molecule has 0 aromatic carbocycles. The van der Waals surface area contributed by atoms with Crippen LogP contribution in [0.2, 0.25) is 0 Å². The second kappa shape index (κ2) is 5.59. The fourth-order valence-electron chi connectivity index (χ4n) is 1.00. The number of aliphatic hydroxyl groups excluding tert-OH is 4. The quantitative estimate of drug-likeness (QED) is 0.380. The van der Waals surface area contributed by atoms with Gasteiger partial charge >= 0.3 is 0 Å². The van der Waals surface area contributed by atoms with Gasteiger partial charge in [0.2, 0.25) is 0 Å². The highest BCUT2D eigenvalue weighted by Gasteiger charge is 2.37. The zero-order valence-corrected chi connectivity index (χ0v) is 7.74. The van der Waals surface area contributed by atoms with E-state index in [1.165, 1.54) is 0 Å². The molecule has 84 valence electrons. The van der Waals surface area contributed by atoms with E-state index in [0.717, 1.165) is 0 Å². The summed E-state index contributed by atoms with van der Waals surface area (Å²) in [6, 6.07) is 0. The van der Waals surface area contributed by atoms with Gasteiger partial charge in [0.1, 0.15) is 24.4 Å². The molecule has 14 heavy (non-hydrogen) atoms. The summed E-state index contributed by atoms with van der Waals surface area (Å²) >= 11 is 0. The second-order valence-corrected chi connectivity index (χ2v) is 3.16. The first-order valence-electron chi connectivity index (χ1n) is 4.51. The van der Waals surface area contributed by atoms with Crippen LogP contribution in [0.4, 0.5) is 0 Å². The normalized spacial score (nSPS) is 38.6. The topological polar surface area (TPSA) is 106 Å². The molecule has 2 heterocycles. The summed E-state index contributed by atoms with van der Waals surface area (Å²) in [5.41, 5.74) is 0. The molecule has 0 spiro atoms. The van der Waals surface area contributed by atoms with Crippen molar-refractivity contribution in [3.63, 3.8) is 0 Å². The largest absolute Gasteiger partial charge is 0.394 e. The molecule has 0 bridgehead atoms. The van der Waals surface area contributed by atoms with Gasteiger partial charge in [-0.25, -0.2) is 0 Å². The molecular weight excluding hydrogens is 192 g/mol. The van der Waals surface area contributed by atoms with Crippen LogP contribution in [-0.2, 0) is 9.47 Å². The molecule has 6 nitrogen and oxygen atoms in total. The molecule has 2 fully saturated rings. The summed E-state index contributed by atoms with van der Waals surface area (Å²) in [6.45, 7) is 0.132. The average molecular weight is 208 g/mol. The van der Waals surface area contributed by atoms with Crippen LogP contribution in [0.25, 0.3) is 0 Å². The molecule has 0 aromatic rings. The first kappa shape index (κ1) is 11.8.